The molecule has 0 aromatic carbocycles. The highest BCUT2D eigenvalue weighted by Gasteiger charge is 2.64. The normalized spacial score (nSPS) is 54.5. The van der Waals surface area contributed by atoms with Gasteiger partial charge in [-0.2, -0.15) is 0 Å². The summed E-state index contributed by atoms with van der Waals surface area (Å²) in [7, 11) is 0. The number of nitrogens with two attached hydrogens (primary N) is 4. The van der Waals surface area contributed by atoms with Crippen LogP contribution < -0.4 is 22.9 Å². The minimum atomic E-state index is -2.67. The van der Waals surface area contributed by atoms with Gasteiger partial charge in [0.05, 0.1) is 63.8 Å². The van der Waals surface area contributed by atoms with Crippen molar-refractivity contribution < 1.29 is 134 Å². The Labute approximate surface area is 379 Å². The SMILES string of the molecule is N[C@@H]1[C@@H](O)[C@H](O[C@@H]2O[C@H](CO)[C@@H](O[C@@H]3O[C@H](CO)[C@@H](O[C@@H]4O[C@H](CO)[C@H](O[C@@H]5O[C@H](CO)[C@H](O)[C@H](O)[C@H]5O)[C@H](O)[C@H]4O)[C@H](O)[C@H]3N)[C@H](O)[C@H]2N)[C@@H](CO)O[C@H]1[C@]1(O)[C@H](O)[C@@H](N)C(O)O[C@@H]1CO. The molecule has 67 heavy (non-hydrogen) atoms. The van der Waals surface area contributed by atoms with Gasteiger partial charge in [-0.05, 0) is 0 Å². The van der Waals surface area contributed by atoms with Crippen molar-refractivity contribution in [2.75, 3.05) is 39.6 Å². The molecule has 0 aliphatic carbocycles. The van der Waals surface area contributed by atoms with E-state index in [0.717, 1.165) is 0 Å². The van der Waals surface area contributed by atoms with E-state index >= 15 is 0 Å². The maximum atomic E-state index is 11.6. The Hall–Kier alpha value is -1.24. The zero-order valence-electron chi connectivity index (χ0n) is 35.5. The largest absolute Gasteiger partial charge is 0.394 e. The van der Waals surface area contributed by atoms with E-state index in [2.05, 4.69) is 0 Å². The fraction of sp³-hybridized carbons (Fsp3) is 1.00. The molecule has 0 bridgehead atoms. The number of aliphatic hydroxyl groups is 17. The highest BCUT2D eigenvalue weighted by Crippen LogP contribution is 2.40. The standard InChI is InChI=1S/C36H66N4O27/c37-13-18(48)25(8(2-42)58-30(13)36(57)12(6-46)63-31(56)16(40)29(36)55)64-32-14(38)19(49)26(9(3-43)60-32)65-33-15(39)20(50)27(10(4-44)61-33)66-35-24(54)22(52)28(11(5-45)62-35)67-34-23(53)21(51)17(47)7(1-41)59-34/h7-35,41-57H,1-6,37-40H2/t7-,8-,9-,10-,11-,12-,13-,14-,15-,16-,17+,18-,19-,20-,21+,22-,23-,24-,25-,26-,27-,28+,29-,30-,31?,32+,33+,34+,35+,36-/m1/s1. The van der Waals surface area contributed by atoms with Gasteiger partial charge in [0, 0.05) is 0 Å². The zero-order valence-corrected chi connectivity index (χ0v) is 35.5. The quantitative estimate of drug-likeness (QED) is 0.0724. The second-order valence-corrected chi connectivity index (χ2v) is 17.3. The van der Waals surface area contributed by atoms with Crippen molar-refractivity contribution in [1.82, 2.24) is 0 Å². The predicted molar refractivity (Wildman–Crippen MR) is 207 cm³/mol. The number of aliphatic hydroxyl groups excluding tert-OH is 16. The van der Waals surface area contributed by atoms with E-state index < -0.39 is 223 Å². The Balaban J connectivity index is 1.09. The molecule has 6 aliphatic heterocycles. The molecule has 0 aromatic heterocycles. The van der Waals surface area contributed by atoms with Crippen molar-refractivity contribution in [3.63, 3.8) is 0 Å². The van der Waals surface area contributed by atoms with Crippen molar-refractivity contribution >= 4 is 0 Å². The van der Waals surface area contributed by atoms with Gasteiger partial charge >= 0.3 is 0 Å². The van der Waals surface area contributed by atoms with Crippen LogP contribution in [0.1, 0.15) is 0 Å². The van der Waals surface area contributed by atoms with Crippen LogP contribution in [0, 0.1) is 0 Å². The Morgan fingerprint density at radius 2 is 0.716 bits per heavy atom. The molecule has 0 aromatic rings. The third kappa shape index (κ3) is 10.4. The van der Waals surface area contributed by atoms with Crippen molar-refractivity contribution in [3.05, 3.63) is 0 Å². The highest BCUT2D eigenvalue weighted by atomic mass is 16.8. The van der Waals surface area contributed by atoms with E-state index in [1.165, 1.54) is 0 Å². The summed E-state index contributed by atoms with van der Waals surface area (Å²) in [4.78, 5) is 0. The first-order valence-electron chi connectivity index (χ1n) is 21.4. The zero-order chi connectivity index (χ0) is 49.6. The number of rotatable bonds is 15. The summed E-state index contributed by atoms with van der Waals surface area (Å²) in [6.45, 7) is -5.53. The van der Waals surface area contributed by atoms with Gasteiger partial charge in [0.25, 0.3) is 0 Å². The van der Waals surface area contributed by atoms with Gasteiger partial charge in [-0.15, -0.1) is 0 Å². The van der Waals surface area contributed by atoms with Crippen molar-refractivity contribution in [1.29, 1.82) is 0 Å². The lowest BCUT2D eigenvalue weighted by Crippen LogP contribution is -2.79. The fourth-order valence-electron chi connectivity index (χ4n) is 9.16. The molecule has 0 amide bonds. The molecule has 392 valence electrons. The van der Waals surface area contributed by atoms with Gasteiger partial charge in [0.2, 0.25) is 0 Å². The fourth-order valence-corrected chi connectivity index (χ4v) is 9.16. The third-order valence-corrected chi connectivity index (χ3v) is 13.2. The Bertz CT molecular complexity index is 1550. The molecule has 6 aliphatic rings. The Morgan fingerprint density at radius 1 is 0.358 bits per heavy atom. The molecule has 6 rings (SSSR count). The van der Waals surface area contributed by atoms with E-state index in [4.69, 9.17) is 70.3 Å². The summed E-state index contributed by atoms with van der Waals surface area (Å²) < 4.78 is 56.5. The minimum Gasteiger partial charge on any atom is -0.394 e. The summed E-state index contributed by atoms with van der Waals surface area (Å²) in [5.41, 5.74) is 22.0. The molecular weight excluding hydrogens is 920 g/mol. The Kier molecular flexibility index (Phi) is 18.6. The van der Waals surface area contributed by atoms with Crippen LogP contribution in [0.15, 0.2) is 0 Å². The van der Waals surface area contributed by atoms with E-state index in [-0.39, 0.29) is 0 Å². The van der Waals surface area contributed by atoms with Gasteiger partial charge in [-0.1, -0.05) is 0 Å². The third-order valence-electron chi connectivity index (χ3n) is 13.2. The lowest BCUT2D eigenvalue weighted by Gasteiger charge is -2.55. The second kappa shape index (κ2) is 22.7. The van der Waals surface area contributed by atoms with Crippen LogP contribution in [0.3, 0.4) is 0 Å². The molecule has 30 atom stereocenters. The first-order valence-corrected chi connectivity index (χ1v) is 21.4. The van der Waals surface area contributed by atoms with Crippen LogP contribution in [-0.2, 0) is 47.4 Å². The topological polar surface area (TPSA) is 540 Å². The van der Waals surface area contributed by atoms with Gasteiger partial charge in [0.1, 0.15) is 128 Å². The predicted octanol–water partition coefficient (Wildman–Crippen LogP) is -14.8. The molecule has 0 radical (unpaired) electrons. The minimum absolute atomic E-state index is 0.813. The molecule has 6 heterocycles. The van der Waals surface area contributed by atoms with Gasteiger partial charge in [0.15, 0.2) is 31.5 Å². The van der Waals surface area contributed by atoms with E-state index in [9.17, 15) is 86.8 Å². The monoisotopic (exact) mass is 986 g/mol. The van der Waals surface area contributed by atoms with E-state index in [1.807, 2.05) is 0 Å². The molecular formula is C36H66N4O27. The first-order chi connectivity index (χ1) is 31.6. The molecule has 1 unspecified atom stereocenters. The molecule has 25 N–H and O–H groups in total. The summed E-state index contributed by atoms with van der Waals surface area (Å²) in [5.74, 6) is 0. The van der Waals surface area contributed by atoms with E-state index in [1.54, 1.807) is 0 Å². The molecule has 31 heteroatoms. The van der Waals surface area contributed by atoms with E-state index in [0.29, 0.717) is 0 Å². The van der Waals surface area contributed by atoms with Gasteiger partial charge in [-0.25, -0.2) is 0 Å². The summed E-state index contributed by atoms with van der Waals surface area (Å²) in [6.07, 6.45) is -44.3. The second-order valence-electron chi connectivity index (χ2n) is 17.3. The van der Waals surface area contributed by atoms with Crippen LogP contribution in [0.25, 0.3) is 0 Å². The van der Waals surface area contributed by atoms with Crippen LogP contribution in [-0.4, -0.2) is 310 Å². The Morgan fingerprint density at radius 3 is 1.15 bits per heavy atom. The van der Waals surface area contributed by atoms with Gasteiger partial charge < -0.3 is 157 Å². The molecule has 6 fully saturated rings. The molecule has 31 nitrogen and oxygen atoms in total. The lowest BCUT2D eigenvalue weighted by atomic mass is 9.73. The maximum absolute atomic E-state index is 11.6. The summed E-state index contributed by atoms with van der Waals surface area (Å²) in [6, 6.07) is -6.59. The average molecular weight is 987 g/mol. The summed E-state index contributed by atoms with van der Waals surface area (Å²) >= 11 is 0. The first kappa shape index (κ1) is 55.1. The summed E-state index contributed by atoms with van der Waals surface area (Å²) in [5, 5.41) is 180. The molecule has 0 saturated carbocycles. The number of ether oxygens (including phenoxy) is 10. The van der Waals surface area contributed by atoms with Crippen molar-refractivity contribution in [2.45, 2.75) is 183 Å². The van der Waals surface area contributed by atoms with Gasteiger partial charge in [-0.3, -0.25) is 0 Å². The van der Waals surface area contributed by atoms with Crippen LogP contribution in [0.2, 0.25) is 0 Å². The molecule has 6 saturated heterocycles. The van der Waals surface area contributed by atoms with Crippen LogP contribution in [0.5, 0.6) is 0 Å². The molecule has 0 spiro atoms. The van der Waals surface area contributed by atoms with Crippen LogP contribution in [0.4, 0.5) is 0 Å². The van der Waals surface area contributed by atoms with Crippen LogP contribution >= 0.6 is 0 Å². The smallest absolute Gasteiger partial charge is 0.187 e. The average Bonchev–Trinajstić information content (AvgIpc) is 3.32. The maximum Gasteiger partial charge on any atom is 0.187 e. The van der Waals surface area contributed by atoms with Crippen molar-refractivity contribution in [3.8, 4) is 0 Å². The highest BCUT2D eigenvalue weighted by molar-refractivity contribution is 5.14. The van der Waals surface area contributed by atoms with Crippen molar-refractivity contribution in [2.24, 2.45) is 22.9 Å². The lowest BCUT2D eigenvalue weighted by molar-refractivity contribution is -0.379. The number of hydrogen-bond donors (Lipinski definition) is 21. The number of hydrogen-bond acceptors (Lipinski definition) is 31.